The lowest BCUT2D eigenvalue weighted by molar-refractivity contribution is -0.121. The summed E-state index contributed by atoms with van der Waals surface area (Å²) in [6.07, 6.45) is 1.37. The third-order valence-electron chi connectivity index (χ3n) is 3.29. The second-order valence-corrected chi connectivity index (χ2v) is 5.65. The van der Waals surface area contributed by atoms with Gasteiger partial charge in [0.15, 0.2) is 0 Å². The molecule has 20 heavy (non-hydrogen) atoms. The number of piperidine rings is 1. The number of urea groups is 1. The number of anilines is 1. The highest BCUT2D eigenvalue weighted by Gasteiger charge is 2.27. The average molecular weight is 344 g/mol. The summed E-state index contributed by atoms with van der Waals surface area (Å²) >= 11 is 3.22. The van der Waals surface area contributed by atoms with Crippen molar-refractivity contribution >= 4 is 33.6 Å². The highest BCUT2D eigenvalue weighted by molar-refractivity contribution is 9.10. The van der Waals surface area contributed by atoms with Gasteiger partial charge in [-0.15, -0.1) is 0 Å². The lowest BCUT2D eigenvalue weighted by Gasteiger charge is -2.30. The Hall–Kier alpha value is -1.63. The van der Waals surface area contributed by atoms with E-state index in [0.717, 1.165) is 0 Å². The molecule has 1 heterocycles. The van der Waals surface area contributed by atoms with E-state index in [-0.39, 0.29) is 24.1 Å². The molecule has 3 N–H and O–H groups in total. The number of halogens is 2. The first-order chi connectivity index (χ1) is 9.47. The van der Waals surface area contributed by atoms with E-state index in [0.29, 0.717) is 23.9 Å². The van der Waals surface area contributed by atoms with Crippen LogP contribution in [0.15, 0.2) is 22.7 Å². The molecule has 1 aromatic rings. The molecular formula is C13H15BrFN3O2. The number of nitrogens with zero attached hydrogens (tertiary/aromatic N) is 1. The summed E-state index contributed by atoms with van der Waals surface area (Å²) in [5.41, 5.74) is 5.34. The van der Waals surface area contributed by atoms with Crippen LogP contribution in [0.25, 0.3) is 0 Å². The van der Waals surface area contributed by atoms with E-state index >= 15 is 0 Å². The third-order valence-corrected chi connectivity index (χ3v) is 3.78. The fraction of sp³-hybridized carbons (Fsp3) is 0.385. The molecule has 1 aromatic carbocycles. The third kappa shape index (κ3) is 3.47. The Balaban J connectivity index is 2.04. The van der Waals surface area contributed by atoms with Gasteiger partial charge in [-0.1, -0.05) is 15.9 Å². The van der Waals surface area contributed by atoms with E-state index in [9.17, 15) is 14.0 Å². The summed E-state index contributed by atoms with van der Waals surface area (Å²) < 4.78 is 14.3. The van der Waals surface area contributed by atoms with Gasteiger partial charge in [0.25, 0.3) is 0 Å². The van der Waals surface area contributed by atoms with E-state index in [1.807, 2.05) is 0 Å². The summed E-state index contributed by atoms with van der Waals surface area (Å²) in [6, 6.07) is 3.80. The molecule has 7 heteroatoms. The summed E-state index contributed by atoms with van der Waals surface area (Å²) in [5, 5.41) is 2.56. The number of hydrogen-bond acceptors (Lipinski definition) is 2. The van der Waals surface area contributed by atoms with Gasteiger partial charge in [0.2, 0.25) is 5.91 Å². The van der Waals surface area contributed by atoms with Crippen LogP contribution in [0, 0.1) is 11.7 Å². The molecule has 0 spiro atoms. The molecule has 0 saturated carbocycles. The predicted molar refractivity (Wildman–Crippen MR) is 76.6 cm³/mol. The zero-order valence-electron chi connectivity index (χ0n) is 10.7. The molecule has 108 valence electrons. The Morgan fingerprint density at radius 1 is 1.45 bits per heavy atom. The van der Waals surface area contributed by atoms with E-state index in [4.69, 9.17) is 5.73 Å². The van der Waals surface area contributed by atoms with Crippen LogP contribution in [0.2, 0.25) is 0 Å². The maximum absolute atomic E-state index is 13.6. The Morgan fingerprint density at radius 3 is 2.90 bits per heavy atom. The smallest absolute Gasteiger partial charge is 0.314 e. The number of hydrogen-bond donors (Lipinski definition) is 2. The predicted octanol–water partition coefficient (Wildman–Crippen LogP) is 2.32. The fourth-order valence-corrected chi connectivity index (χ4v) is 2.58. The topological polar surface area (TPSA) is 75.4 Å². The number of primary amides is 1. The first-order valence-electron chi connectivity index (χ1n) is 6.27. The van der Waals surface area contributed by atoms with E-state index in [2.05, 4.69) is 21.2 Å². The Bertz CT molecular complexity index is 538. The molecule has 0 radical (unpaired) electrons. The SMILES string of the molecule is NC(=O)N1CCC[C@H](C(=O)Nc2cc(Br)ccc2F)C1. The number of carbonyl (C=O) groups excluding carboxylic acids is 2. The molecule has 0 aliphatic carbocycles. The van der Waals surface area contributed by atoms with E-state index in [1.165, 1.54) is 17.0 Å². The van der Waals surface area contributed by atoms with Crippen LogP contribution in [0.4, 0.5) is 14.9 Å². The van der Waals surface area contributed by atoms with Crippen molar-refractivity contribution in [2.24, 2.45) is 11.7 Å². The highest BCUT2D eigenvalue weighted by Crippen LogP contribution is 2.23. The molecule has 1 aliphatic rings. The number of rotatable bonds is 2. The number of benzene rings is 1. The maximum Gasteiger partial charge on any atom is 0.314 e. The van der Waals surface area contributed by atoms with Crippen molar-refractivity contribution in [3.8, 4) is 0 Å². The van der Waals surface area contributed by atoms with Crippen molar-refractivity contribution < 1.29 is 14.0 Å². The first-order valence-corrected chi connectivity index (χ1v) is 7.07. The van der Waals surface area contributed by atoms with Crippen LogP contribution in [0.3, 0.4) is 0 Å². The minimum Gasteiger partial charge on any atom is -0.351 e. The van der Waals surface area contributed by atoms with Crippen molar-refractivity contribution in [2.75, 3.05) is 18.4 Å². The minimum atomic E-state index is -0.531. The second-order valence-electron chi connectivity index (χ2n) is 4.74. The molecule has 0 aromatic heterocycles. The minimum absolute atomic E-state index is 0.126. The van der Waals surface area contributed by atoms with Gasteiger partial charge in [0.05, 0.1) is 11.6 Å². The highest BCUT2D eigenvalue weighted by atomic mass is 79.9. The van der Waals surface area contributed by atoms with Crippen molar-refractivity contribution in [1.82, 2.24) is 4.90 Å². The number of carbonyl (C=O) groups is 2. The van der Waals surface area contributed by atoms with Gasteiger partial charge in [-0.2, -0.15) is 0 Å². The van der Waals surface area contributed by atoms with Gasteiger partial charge < -0.3 is 16.0 Å². The number of nitrogens with two attached hydrogens (primary N) is 1. The summed E-state index contributed by atoms with van der Waals surface area (Å²) in [4.78, 5) is 24.7. The fourth-order valence-electron chi connectivity index (χ4n) is 2.22. The Labute approximate surface area is 124 Å². The first kappa shape index (κ1) is 14.8. The molecule has 1 saturated heterocycles. The molecule has 1 aliphatic heterocycles. The van der Waals surface area contributed by atoms with Gasteiger partial charge in [0, 0.05) is 17.6 Å². The van der Waals surface area contributed by atoms with Crippen LogP contribution in [-0.4, -0.2) is 29.9 Å². The Morgan fingerprint density at radius 2 is 2.20 bits per heavy atom. The van der Waals surface area contributed by atoms with Gasteiger partial charge in [-0.3, -0.25) is 4.79 Å². The van der Waals surface area contributed by atoms with Crippen LogP contribution < -0.4 is 11.1 Å². The lowest BCUT2D eigenvalue weighted by Crippen LogP contribution is -2.46. The summed E-state index contributed by atoms with van der Waals surface area (Å²) in [7, 11) is 0. The molecule has 2 rings (SSSR count). The van der Waals surface area contributed by atoms with Crippen LogP contribution in [-0.2, 0) is 4.79 Å². The molecular weight excluding hydrogens is 329 g/mol. The molecule has 3 amide bonds. The van der Waals surface area contributed by atoms with Crippen LogP contribution >= 0.6 is 15.9 Å². The molecule has 1 fully saturated rings. The zero-order chi connectivity index (χ0) is 14.7. The monoisotopic (exact) mass is 343 g/mol. The second kappa shape index (κ2) is 6.21. The quantitative estimate of drug-likeness (QED) is 0.864. The van der Waals surface area contributed by atoms with Gasteiger partial charge in [-0.05, 0) is 31.0 Å². The maximum atomic E-state index is 13.6. The summed E-state index contributed by atoms with van der Waals surface area (Å²) in [5.74, 6) is -1.16. The van der Waals surface area contributed by atoms with Crippen molar-refractivity contribution in [1.29, 1.82) is 0 Å². The van der Waals surface area contributed by atoms with E-state index in [1.54, 1.807) is 6.07 Å². The normalized spacial score (nSPS) is 18.7. The lowest BCUT2D eigenvalue weighted by atomic mass is 9.97. The molecule has 0 bridgehead atoms. The van der Waals surface area contributed by atoms with Crippen molar-refractivity contribution in [3.63, 3.8) is 0 Å². The van der Waals surface area contributed by atoms with Crippen LogP contribution in [0.5, 0.6) is 0 Å². The van der Waals surface area contributed by atoms with Crippen molar-refractivity contribution in [3.05, 3.63) is 28.5 Å². The van der Waals surface area contributed by atoms with Gasteiger partial charge >= 0.3 is 6.03 Å². The molecule has 0 unspecified atom stereocenters. The average Bonchev–Trinajstić information content (AvgIpc) is 2.43. The van der Waals surface area contributed by atoms with Crippen molar-refractivity contribution in [2.45, 2.75) is 12.8 Å². The number of likely N-dealkylation sites (tertiary alicyclic amines) is 1. The largest absolute Gasteiger partial charge is 0.351 e. The van der Waals surface area contributed by atoms with Gasteiger partial charge in [-0.25, -0.2) is 9.18 Å². The number of nitrogens with one attached hydrogen (secondary N) is 1. The van der Waals surface area contributed by atoms with E-state index < -0.39 is 11.8 Å². The molecule has 1 atom stereocenters. The standard InChI is InChI=1S/C13H15BrFN3O2/c14-9-3-4-10(15)11(6-9)17-12(19)8-2-1-5-18(7-8)13(16)20/h3-4,6,8H,1-2,5,7H2,(H2,16,20)(H,17,19)/t8-/m0/s1. The van der Waals surface area contributed by atoms with Crippen LogP contribution in [0.1, 0.15) is 12.8 Å². The Kier molecular flexibility index (Phi) is 4.59. The number of amides is 3. The molecule has 5 nitrogen and oxygen atoms in total. The summed E-state index contributed by atoms with van der Waals surface area (Å²) in [6.45, 7) is 0.834. The zero-order valence-corrected chi connectivity index (χ0v) is 12.3. The van der Waals surface area contributed by atoms with Gasteiger partial charge in [0.1, 0.15) is 5.82 Å².